The maximum absolute atomic E-state index is 12.0. The molecule has 100 valence electrons. The van der Waals surface area contributed by atoms with E-state index >= 15 is 0 Å². The van der Waals surface area contributed by atoms with Gasteiger partial charge in [-0.1, -0.05) is 13.8 Å². The Morgan fingerprint density at radius 3 is 2.29 bits per heavy atom. The second-order valence-corrected chi connectivity index (χ2v) is 4.82. The summed E-state index contributed by atoms with van der Waals surface area (Å²) in [6.07, 6.45) is 5.19. The van der Waals surface area contributed by atoms with Gasteiger partial charge in [-0.3, -0.25) is 4.79 Å². The molecular formula is C13H26N2O2. The molecule has 0 aromatic heterocycles. The van der Waals surface area contributed by atoms with Crippen molar-refractivity contribution in [2.45, 2.75) is 51.6 Å². The molecule has 0 radical (unpaired) electrons. The Hall–Kier alpha value is -0.610. The maximum atomic E-state index is 12.0. The number of hydrogen-bond acceptors (Lipinski definition) is 3. The molecule has 4 heteroatoms. The largest absolute Gasteiger partial charge is 0.364 e. The van der Waals surface area contributed by atoms with Crippen molar-refractivity contribution in [1.29, 1.82) is 0 Å². The third-order valence-electron chi connectivity index (χ3n) is 3.87. The summed E-state index contributed by atoms with van der Waals surface area (Å²) in [4.78, 5) is 13.9. The van der Waals surface area contributed by atoms with Crippen LogP contribution in [-0.4, -0.2) is 42.6 Å². The van der Waals surface area contributed by atoms with E-state index in [1.54, 1.807) is 0 Å². The number of nitrogens with zero attached hydrogens (tertiary/aromatic N) is 1. The van der Waals surface area contributed by atoms with Gasteiger partial charge in [-0.05, 0) is 32.1 Å². The standard InChI is InChI=1S/C13H26N2O2/c1-3-13(4-2,11-14)17-10-12(16)15-8-6-5-7-9-15/h3-11,14H2,1-2H3. The molecule has 1 aliphatic heterocycles. The third kappa shape index (κ3) is 3.96. The van der Waals surface area contributed by atoms with Crippen molar-refractivity contribution in [1.82, 2.24) is 4.90 Å². The summed E-state index contributed by atoms with van der Waals surface area (Å²) < 4.78 is 5.78. The van der Waals surface area contributed by atoms with Crippen molar-refractivity contribution in [3.8, 4) is 0 Å². The highest BCUT2D eigenvalue weighted by Crippen LogP contribution is 2.19. The Balaban J connectivity index is 2.40. The lowest BCUT2D eigenvalue weighted by Gasteiger charge is -2.32. The van der Waals surface area contributed by atoms with Crippen LogP contribution in [0.2, 0.25) is 0 Å². The maximum Gasteiger partial charge on any atom is 0.248 e. The monoisotopic (exact) mass is 242 g/mol. The summed E-state index contributed by atoms with van der Waals surface area (Å²) in [6, 6.07) is 0. The summed E-state index contributed by atoms with van der Waals surface area (Å²) >= 11 is 0. The number of hydrogen-bond donors (Lipinski definition) is 1. The molecule has 1 rings (SSSR count). The Morgan fingerprint density at radius 2 is 1.82 bits per heavy atom. The van der Waals surface area contributed by atoms with Gasteiger partial charge in [0.1, 0.15) is 6.61 Å². The van der Waals surface area contributed by atoms with Gasteiger partial charge in [0.05, 0.1) is 5.60 Å². The molecule has 1 heterocycles. The lowest BCUT2D eigenvalue weighted by atomic mass is 9.97. The lowest BCUT2D eigenvalue weighted by molar-refractivity contribution is -0.144. The van der Waals surface area contributed by atoms with Crippen LogP contribution in [0, 0.1) is 0 Å². The van der Waals surface area contributed by atoms with Gasteiger partial charge in [-0.2, -0.15) is 0 Å². The van der Waals surface area contributed by atoms with Crippen molar-refractivity contribution < 1.29 is 9.53 Å². The number of likely N-dealkylation sites (tertiary alicyclic amines) is 1. The first-order valence-electron chi connectivity index (χ1n) is 6.79. The molecular weight excluding hydrogens is 216 g/mol. The number of amides is 1. The summed E-state index contributed by atoms with van der Waals surface area (Å²) in [5.74, 6) is 0.115. The predicted octanol–water partition coefficient (Wildman–Crippen LogP) is 1.53. The first-order chi connectivity index (χ1) is 8.17. The quantitative estimate of drug-likeness (QED) is 0.768. The summed E-state index contributed by atoms with van der Waals surface area (Å²) in [5.41, 5.74) is 5.43. The zero-order valence-corrected chi connectivity index (χ0v) is 11.2. The van der Waals surface area contributed by atoms with Crippen LogP contribution in [0.5, 0.6) is 0 Å². The number of ether oxygens (including phenoxy) is 1. The molecule has 0 bridgehead atoms. The van der Waals surface area contributed by atoms with E-state index in [1.807, 2.05) is 4.90 Å². The van der Waals surface area contributed by atoms with Gasteiger partial charge in [0.2, 0.25) is 5.91 Å². The van der Waals surface area contributed by atoms with E-state index in [2.05, 4.69) is 13.8 Å². The Bertz CT molecular complexity index is 225. The minimum atomic E-state index is -0.314. The molecule has 4 nitrogen and oxygen atoms in total. The number of nitrogens with two attached hydrogens (primary N) is 1. The molecule has 2 N–H and O–H groups in total. The van der Waals surface area contributed by atoms with Crippen molar-refractivity contribution in [3.05, 3.63) is 0 Å². The number of piperidine rings is 1. The third-order valence-corrected chi connectivity index (χ3v) is 3.87. The van der Waals surface area contributed by atoms with Crippen molar-refractivity contribution in [3.63, 3.8) is 0 Å². The van der Waals surface area contributed by atoms with E-state index in [4.69, 9.17) is 10.5 Å². The molecule has 0 atom stereocenters. The van der Waals surface area contributed by atoms with Crippen LogP contribution in [0.15, 0.2) is 0 Å². The van der Waals surface area contributed by atoms with Gasteiger partial charge in [0.15, 0.2) is 0 Å². The molecule has 1 amide bonds. The number of carbonyl (C=O) groups is 1. The van der Waals surface area contributed by atoms with Crippen LogP contribution in [-0.2, 0) is 9.53 Å². The molecule has 0 aromatic rings. The fourth-order valence-corrected chi connectivity index (χ4v) is 2.25. The van der Waals surface area contributed by atoms with Crippen LogP contribution in [0.1, 0.15) is 46.0 Å². The summed E-state index contributed by atoms with van der Waals surface area (Å²) in [7, 11) is 0. The molecule has 0 unspecified atom stereocenters. The second kappa shape index (κ2) is 6.97. The molecule has 17 heavy (non-hydrogen) atoms. The molecule has 0 saturated carbocycles. The highest BCUT2D eigenvalue weighted by atomic mass is 16.5. The van der Waals surface area contributed by atoms with Crippen molar-refractivity contribution in [2.24, 2.45) is 5.73 Å². The smallest absolute Gasteiger partial charge is 0.248 e. The van der Waals surface area contributed by atoms with Crippen LogP contribution in [0.25, 0.3) is 0 Å². The van der Waals surface area contributed by atoms with E-state index in [0.29, 0.717) is 6.54 Å². The zero-order chi connectivity index (χ0) is 12.7. The zero-order valence-electron chi connectivity index (χ0n) is 11.2. The second-order valence-electron chi connectivity index (χ2n) is 4.82. The van der Waals surface area contributed by atoms with Gasteiger partial charge in [0, 0.05) is 19.6 Å². The van der Waals surface area contributed by atoms with Gasteiger partial charge in [-0.15, -0.1) is 0 Å². The summed E-state index contributed by atoms with van der Waals surface area (Å²) in [6.45, 7) is 6.54. The Morgan fingerprint density at radius 1 is 1.24 bits per heavy atom. The van der Waals surface area contributed by atoms with Crippen LogP contribution in [0.3, 0.4) is 0 Å². The Kier molecular flexibility index (Phi) is 5.92. The molecule has 1 fully saturated rings. The highest BCUT2D eigenvalue weighted by molar-refractivity contribution is 5.77. The van der Waals surface area contributed by atoms with E-state index in [1.165, 1.54) is 6.42 Å². The fourth-order valence-electron chi connectivity index (χ4n) is 2.25. The van der Waals surface area contributed by atoms with Crippen molar-refractivity contribution in [2.75, 3.05) is 26.2 Å². The highest BCUT2D eigenvalue weighted by Gasteiger charge is 2.27. The minimum Gasteiger partial charge on any atom is -0.364 e. The SMILES string of the molecule is CCC(CC)(CN)OCC(=O)N1CCCCC1. The topological polar surface area (TPSA) is 55.6 Å². The lowest BCUT2D eigenvalue weighted by Crippen LogP contribution is -2.44. The van der Waals surface area contributed by atoms with Gasteiger partial charge in [0.25, 0.3) is 0 Å². The van der Waals surface area contributed by atoms with Crippen molar-refractivity contribution >= 4 is 5.91 Å². The van der Waals surface area contributed by atoms with Gasteiger partial charge in [-0.25, -0.2) is 0 Å². The first-order valence-corrected chi connectivity index (χ1v) is 6.79. The Labute approximate surface area is 104 Å². The average Bonchev–Trinajstić information content (AvgIpc) is 2.41. The van der Waals surface area contributed by atoms with E-state index in [-0.39, 0.29) is 18.1 Å². The summed E-state index contributed by atoms with van der Waals surface area (Å²) in [5, 5.41) is 0. The molecule has 0 spiro atoms. The van der Waals surface area contributed by atoms with Crippen LogP contribution < -0.4 is 5.73 Å². The molecule has 0 aliphatic carbocycles. The number of rotatable bonds is 6. The van der Waals surface area contributed by atoms with Gasteiger partial charge < -0.3 is 15.4 Å². The molecule has 1 aliphatic rings. The average molecular weight is 242 g/mol. The molecule has 0 aromatic carbocycles. The van der Waals surface area contributed by atoms with E-state index < -0.39 is 0 Å². The normalized spacial score (nSPS) is 17.2. The number of carbonyl (C=O) groups excluding carboxylic acids is 1. The van der Waals surface area contributed by atoms with Gasteiger partial charge >= 0.3 is 0 Å². The van der Waals surface area contributed by atoms with E-state index in [9.17, 15) is 4.79 Å². The fraction of sp³-hybridized carbons (Fsp3) is 0.923. The van der Waals surface area contributed by atoms with E-state index in [0.717, 1.165) is 38.8 Å². The minimum absolute atomic E-state index is 0.115. The predicted molar refractivity (Wildman–Crippen MR) is 68.8 cm³/mol. The molecule has 1 saturated heterocycles. The first kappa shape index (κ1) is 14.5. The van der Waals surface area contributed by atoms with Crippen LogP contribution >= 0.6 is 0 Å². The van der Waals surface area contributed by atoms with Crippen LogP contribution in [0.4, 0.5) is 0 Å².